The van der Waals surface area contributed by atoms with Crippen LogP contribution in [0.2, 0.25) is 0 Å². The molecule has 1 heterocycles. The largest absolute Gasteiger partial charge is 0.307 e. The van der Waals surface area contributed by atoms with Crippen LogP contribution >= 0.6 is 15.9 Å². The summed E-state index contributed by atoms with van der Waals surface area (Å²) in [4.78, 5) is 18.5. The van der Waals surface area contributed by atoms with Crippen molar-refractivity contribution in [3.8, 4) is 11.4 Å². The van der Waals surface area contributed by atoms with Crippen molar-refractivity contribution in [2.24, 2.45) is 0 Å². The molecule has 1 aromatic carbocycles. The van der Waals surface area contributed by atoms with Gasteiger partial charge in [-0.05, 0) is 40.0 Å². The van der Waals surface area contributed by atoms with Crippen molar-refractivity contribution in [3.05, 3.63) is 50.6 Å². The number of rotatable bonds is 2. The fourth-order valence-electron chi connectivity index (χ4n) is 1.55. The summed E-state index contributed by atoms with van der Waals surface area (Å²) in [6.45, 7) is 3.90. The van der Waals surface area contributed by atoms with E-state index in [0.29, 0.717) is 21.6 Å². The summed E-state index contributed by atoms with van der Waals surface area (Å²) in [6.07, 6.45) is 0. The first-order valence-corrected chi connectivity index (χ1v) is 6.33. The summed E-state index contributed by atoms with van der Waals surface area (Å²) in [6, 6.07) is 6.10. The second-order valence-electron chi connectivity index (χ2n) is 4.30. The fourth-order valence-corrected chi connectivity index (χ4v) is 1.80. The Kier molecular flexibility index (Phi) is 3.61. The van der Waals surface area contributed by atoms with Gasteiger partial charge in [-0.3, -0.25) is 4.79 Å². The Bertz CT molecular complexity index is 637. The van der Waals surface area contributed by atoms with Crippen LogP contribution < -0.4 is 5.56 Å². The van der Waals surface area contributed by atoms with Crippen LogP contribution in [0.5, 0.6) is 0 Å². The predicted molar refractivity (Wildman–Crippen MR) is 72.0 cm³/mol. The van der Waals surface area contributed by atoms with Crippen LogP contribution in [-0.4, -0.2) is 9.97 Å². The molecular weight excluding hydrogens is 299 g/mol. The van der Waals surface area contributed by atoms with E-state index in [2.05, 4.69) is 25.9 Å². The molecule has 0 fully saturated rings. The standard InChI is InChI=1S/C13H12BrFN2O/c1-7(2)11-6-12(18)17-13(16-11)8-3-4-9(14)10(15)5-8/h3-7H,1-2H3,(H,16,17,18). The summed E-state index contributed by atoms with van der Waals surface area (Å²) in [5.74, 6) is 0.147. The normalized spacial score (nSPS) is 10.9. The molecule has 0 unspecified atom stereocenters. The predicted octanol–water partition coefficient (Wildman–Crippen LogP) is 3.46. The molecule has 5 heteroatoms. The highest BCUT2D eigenvalue weighted by atomic mass is 79.9. The van der Waals surface area contributed by atoms with E-state index in [9.17, 15) is 9.18 Å². The first-order chi connectivity index (χ1) is 8.47. The van der Waals surface area contributed by atoms with Crippen molar-refractivity contribution in [1.29, 1.82) is 0 Å². The van der Waals surface area contributed by atoms with Crippen LogP contribution in [0.4, 0.5) is 4.39 Å². The van der Waals surface area contributed by atoms with Gasteiger partial charge >= 0.3 is 0 Å². The average molecular weight is 311 g/mol. The van der Waals surface area contributed by atoms with Gasteiger partial charge in [0.1, 0.15) is 11.6 Å². The van der Waals surface area contributed by atoms with Gasteiger partial charge in [0.15, 0.2) is 0 Å². The third kappa shape index (κ3) is 2.67. The molecule has 0 radical (unpaired) electrons. The molecule has 2 aromatic rings. The van der Waals surface area contributed by atoms with E-state index >= 15 is 0 Å². The molecule has 1 N–H and O–H groups in total. The Morgan fingerprint density at radius 2 is 2.06 bits per heavy atom. The number of nitrogens with zero attached hydrogens (tertiary/aromatic N) is 1. The van der Waals surface area contributed by atoms with Crippen LogP contribution in [0.3, 0.4) is 0 Å². The van der Waals surface area contributed by atoms with Crippen molar-refractivity contribution >= 4 is 15.9 Å². The molecule has 0 bridgehead atoms. The number of halogens is 2. The molecule has 0 aliphatic rings. The van der Waals surface area contributed by atoms with Gasteiger partial charge in [-0.15, -0.1) is 0 Å². The number of H-pyrrole nitrogens is 1. The van der Waals surface area contributed by atoms with Crippen LogP contribution in [-0.2, 0) is 0 Å². The second kappa shape index (κ2) is 5.02. The van der Waals surface area contributed by atoms with E-state index < -0.39 is 0 Å². The van der Waals surface area contributed by atoms with E-state index in [1.54, 1.807) is 12.1 Å². The lowest BCUT2D eigenvalue weighted by Gasteiger charge is -2.07. The molecular formula is C13H12BrFN2O. The van der Waals surface area contributed by atoms with Crippen LogP contribution in [0, 0.1) is 5.82 Å². The number of aromatic nitrogens is 2. The molecule has 0 saturated carbocycles. The minimum atomic E-state index is -0.384. The zero-order chi connectivity index (χ0) is 13.3. The fraction of sp³-hybridized carbons (Fsp3) is 0.231. The van der Waals surface area contributed by atoms with Gasteiger partial charge in [-0.2, -0.15) is 0 Å². The maximum absolute atomic E-state index is 13.5. The van der Waals surface area contributed by atoms with Gasteiger partial charge < -0.3 is 4.98 Å². The van der Waals surface area contributed by atoms with Gasteiger partial charge in [-0.25, -0.2) is 9.37 Å². The SMILES string of the molecule is CC(C)c1cc(=O)[nH]c(-c2ccc(Br)c(F)c2)n1. The van der Waals surface area contributed by atoms with Gasteiger partial charge in [-0.1, -0.05) is 13.8 Å². The molecule has 0 spiro atoms. The van der Waals surface area contributed by atoms with Crippen LogP contribution in [0.1, 0.15) is 25.5 Å². The van der Waals surface area contributed by atoms with Gasteiger partial charge in [0.05, 0.1) is 10.2 Å². The van der Waals surface area contributed by atoms with E-state index in [1.165, 1.54) is 12.1 Å². The molecule has 0 amide bonds. The van der Waals surface area contributed by atoms with Gasteiger partial charge in [0.2, 0.25) is 0 Å². The molecule has 94 valence electrons. The summed E-state index contributed by atoms with van der Waals surface area (Å²) in [5.41, 5.74) is 1.01. The molecule has 3 nitrogen and oxygen atoms in total. The second-order valence-corrected chi connectivity index (χ2v) is 5.16. The summed E-state index contributed by atoms with van der Waals surface area (Å²) in [5, 5.41) is 0. The zero-order valence-electron chi connectivity index (χ0n) is 10.00. The zero-order valence-corrected chi connectivity index (χ0v) is 11.6. The number of hydrogen-bond acceptors (Lipinski definition) is 2. The summed E-state index contributed by atoms with van der Waals surface area (Å²) >= 11 is 3.09. The lowest BCUT2D eigenvalue weighted by Crippen LogP contribution is -2.11. The van der Waals surface area contributed by atoms with Crippen LogP contribution in [0.25, 0.3) is 11.4 Å². The molecule has 0 aliphatic heterocycles. The minimum absolute atomic E-state index is 0.145. The minimum Gasteiger partial charge on any atom is -0.307 e. The Morgan fingerprint density at radius 3 is 2.67 bits per heavy atom. The van der Waals surface area contributed by atoms with Crippen molar-refractivity contribution in [3.63, 3.8) is 0 Å². The van der Waals surface area contributed by atoms with Crippen molar-refractivity contribution in [1.82, 2.24) is 9.97 Å². The van der Waals surface area contributed by atoms with E-state index in [4.69, 9.17) is 0 Å². The maximum Gasteiger partial charge on any atom is 0.251 e. The number of hydrogen-bond donors (Lipinski definition) is 1. The topological polar surface area (TPSA) is 45.8 Å². The quantitative estimate of drug-likeness (QED) is 0.923. The first kappa shape index (κ1) is 13.0. The lowest BCUT2D eigenvalue weighted by atomic mass is 10.1. The first-order valence-electron chi connectivity index (χ1n) is 5.54. The molecule has 18 heavy (non-hydrogen) atoms. The Hall–Kier alpha value is -1.49. The molecule has 1 aromatic heterocycles. The monoisotopic (exact) mass is 310 g/mol. The Labute approximate surface area is 112 Å². The average Bonchev–Trinajstić information content (AvgIpc) is 2.31. The summed E-state index contributed by atoms with van der Waals surface area (Å²) in [7, 11) is 0. The number of nitrogens with one attached hydrogen (secondary N) is 1. The third-order valence-electron chi connectivity index (χ3n) is 2.55. The Balaban J connectivity index is 2.56. The van der Waals surface area contributed by atoms with Gasteiger partial charge in [0, 0.05) is 11.6 Å². The molecule has 2 rings (SSSR count). The smallest absolute Gasteiger partial charge is 0.251 e. The number of benzene rings is 1. The molecule has 0 saturated heterocycles. The van der Waals surface area contributed by atoms with Crippen molar-refractivity contribution < 1.29 is 4.39 Å². The molecule has 0 aliphatic carbocycles. The van der Waals surface area contributed by atoms with Crippen molar-refractivity contribution in [2.75, 3.05) is 0 Å². The Morgan fingerprint density at radius 1 is 1.33 bits per heavy atom. The van der Waals surface area contributed by atoms with Crippen LogP contribution in [0.15, 0.2) is 33.5 Å². The molecule has 0 atom stereocenters. The van der Waals surface area contributed by atoms with E-state index in [1.807, 2.05) is 13.8 Å². The van der Waals surface area contributed by atoms with E-state index in [0.717, 1.165) is 0 Å². The van der Waals surface area contributed by atoms with Crippen molar-refractivity contribution in [2.45, 2.75) is 19.8 Å². The highest BCUT2D eigenvalue weighted by Crippen LogP contribution is 2.22. The highest BCUT2D eigenvalue weighted by Gasteiger charge is 2.08. The third-order valence-corrected chi connectivity index (χ3v) is 3.19. The van der Waals surface area contributed by atoms with E-state index in [-0.39, 0.29) is 17.3 Å². The highest BCUT2D eigenvalue weighted by molar-refractivity contribution is 9.10. The van der Waals surface area contributed by atoms with Gasteiger partial charge in [0.25, 0.3) is 5.56 Å². The summed E-state index contributed by atoms with van der Waals surface area (Å²) < 4.78 is 13.8. The lowest BCUT2D eigenvalue weighted by molar-refractivity contribution is 0.621. The maximum atomic E-state index is 13.5. The number of aromatic amines is 1.